The molecule has 3 N–H and O–H groups in total. The molecule has 2 aliphatic heterocycles. The molecule has 0 aliphatic carbocycles. The van der Waals surface area contributed by atoms with Gasteiger partial charge >= 0.3 is 0 Å². The molecule has 0 aromatic carbocycles. The summed E-state index contributed by atoms with van der Waals surface area (Å²) >= 11 is 1.57. The lowest BCUT2D eigenvalue weighted by molar-refractivity contribution is -0.0361. The SMILES string of the molecule is CCc1ccc(C(=O)N2CCC[C@]3(C2)CN(c2ccnc(N)n2)CC[C@H]3O)s1. The van der Waals surface area contributed by atoms with Crippen molar-refractivity contribution < 1.29 is 9.90 Å². The first-order valence-electron chi connectivity index (χ1n) is 9.90. The summed E-state index contributed by atoms with van der Waals surface area (Å²) < 4.78 is 0. The maximum Gasteiger partial charge on any atom is 0.263 e. The Morgan fingerprint density at radius 2 is 2.21 bits per heavy atom. The van der Waals surface area contributed by atoms with E-state index in [0.29, 0.717) is 19.5 Å². The Labute approximate surface area is 169 Å². The van der Waals surface area contributed by atoms with Crippen LogP contribution in [0.1, 0.15) is 40.7 Å². The van der Waals surface area contributed by atoms with Crippen molar-refractivity contribution in [1.29, 1.82) is 0 Å². The molecule has 7 nitrogen and oxygen atoms in total. The number of carbonyl (C=O) groups excluding carboxylic acids is 1. The number of aryl methyl sites for hydroxylation is 1. The Morgan fingerprint density at radius 1 is 1.36 bits per heavy atom. The molecular weight excluding hydrogens is 374 g/mol. The predicted molar refractivity (Wildman–Crippen MR) is 111 cm³/mol. The third-order valence-corrected chi connectivity index (χ3v) is 7.20. The molecule has 4 heterocycles. The van der Waals surface area contributed by atoms with Crippen LogP contribution in [0.25, 0.3) is 0 Å². The molecule has 0 unspecified atom stereocenters. The van der Waals surface area contributed by atoms with E-state index in [0.717, 1.165) is 43.0 Å². The minimum absolute atomic E-state index is 0.0828. The number of amides is 1. The van der Waals surface area contributed by atoms with E-state index < -0.39 is 6.10 Å². The average molecular weight is 402 g/mol. The Hall–Kier alpha value is -2.19. The van der Waals surface area contributed by atoms with E-state index in [1.54, 1.807) is 17.5 Å². The Morgan fingerprint density at radius 3 is 2.96 bits per heavy atom. The number of nitrogens with two attached hydrogens (primary N) is 1. The molecule has 28 heavy (non-hydrogen) atoms. The van der Waals surface area contributed by atoms with Gasteiger partial charge in [0, 0.05) is 42.7 Å². The van der Waals surface area contributed by atoms with Crippen LogP contribution in [0.15, 0.2) is 24.4 Å². The highest BCUT2D eigenvalue weighted by Gasteiger charge is 2.46. The van der Waals surface area contributed by atoms with Gasteiger partial charge < -0.3 is 20.6 Å². The molecule has 2 aromatic heterocycles. The van der Waals surface area contributed by atoms with Crippen molar-refractivity contribution in [2.75, 3.05) is 36.8 Å². The van der Waals surface area contributed by atoms with Crippen molar-refractivity contribution in [3.05, 3.63) is 34.2 Å². The van der Waals surface area contributed by atoms with Gasteiger partial charge in [-0.25, -0.2) is 4.98 Å². The number of thiophene rings is 1. The molecule has 4 rings (SSSR count). The Kier molecular flexibility index (Phi) is 5.25. The minimum atomic E-state index is -0.423. The number of hydrogen-bond acceptors (Lipinski definition) is 7. The lowest BCUT2D eigenvalue weighted by Gasteiger charge is -2.51. The summed E-state index contributed by atoms with van der Waals surface area (Å²) in [6.07, 6.45) is 4.64. The van der Waals surface area contributed by atoms with Crippen LogP contribution >= 0.6 is 11.3 Å². The standard InChI is InChI=1S/C20H27N5O2S/c1-2-14-4-5-15(28-14)18(27)25-10-3-8-20(13-25)12-24(11-7-16(20)26)17-6-9-22-19(21)23-17/h4-6,9,16,26H,2-3,7-8,10-13H2,1H3,(H2,21,22,23)/t16-,20-/m1/s1. The van der Waals surface area contributed by atoms with Crippen LogP contribution in [0.4, 0.5) is 11.8 Å². The van der Waals surface area contributed by atoms with Gasteiger partial charge in [0.15, 0.2) is 0 Å². The van der Waals surface area contributed by atoms with Gasteiger partial charge in [0.2, 0.25) is 5.95 Å². The number of anilines is 2. The average Bonchev–Trinajstić information content (AvgIpc) is 3.19. The zero-order valence-corrected chi connectivity index (χ0v) is 17.0. The van der Waals surface area contributed by atoms with Crippen molar-refractivity contribution in [2.24, 2.45) is 5.41 Å². The van der Waals surface area contributed by atoms with Crippen molar-refractivity contribution >= 4 is 29.0 Å². The van der Waals surface area contributed by atoms with Crippen LogP contribution in [0.3, 0.4) is 0 Å². The Bertz CT molecular complexity index is 857. The van der Waals surface area contributed by atoms with Crippen molar-refractivity contribution in [2.45, 2.75) is 38.7 Å². The lowest BCUT2D eigenvalue weighted by Crippen LogP contribution is -2.60. The summed E-state index contributed by atoms with van der Waals surface area (Å²) in [5, 5.41) is 10.9. The fraction of sp³-hybridized carbons (Fsp3) is 0.550. The third kappa shape index (κ3) is 3.58. The van der Waals surface area contributed by atoms with Gasteiger partial charge in [0.25, 0.3) is 5.91 Å². The molecule has 2 aliphatic rings. The lowest BCUT2D eigenvalue weighted by atomic mass is 9.71. The van der Waals surface area contributed by atoms with Crippen LogP contribution < -0.4 is 10.6 Å². The molecule has 0 bridgehead atoms. The van der Waals surface area contributed by atoms with Crippen LogP contribution in [-0.2, 0) is 6.42 Å². The van der Waals surface area contributed by atoms with Crippen LogP contribution in [0.2, 0.25) is 0 Å². The number of aliphatic hydroxyl groups excluding tert-OH is 1. The maximum absolute atomic E-state index is 13.1. The number of nitrogen functional groups attached to an aromatic ring is 1. The molecule has 150 valence electrons. The van der Waals surface area contributed by atoms with Gasteiger partial charge in [-0.3, -0.25) is 4.79 Å². The molecule has 2 aromatic rings. The Balaban J connectivity index is 1.54. The highest BCUT2D eigenvalue weighted by molar-refractivity contribution is 7.14. The van der Waals surface area contributed by atoms with Gasteiger partial charge in [0.05, 0.1) is 11.0 Å². The van der Waals surface area contributed by atoms with Gasteiger partial charge in [-0.05, 0) is 43.9 Å². The van der Waals surface area contributed by atoms with Gasteiger partial charge in [-0.2, -0.15) is 4.98 Å². The molecule has 1 spiro atoms. The normalized spacial score (nSPS) is 25.3. The van der Waals surface area contributed by atoms with Gasteiger partial charge in [-0.1, -0.05) is 6.92 Å². The van der Waals surface area contributed by atoms with Crippen molar-refractivity contribution in [3.63, 3.8) is 0 Å². The van der Waals surface area contributed by atoms with E-state index in [1.165, 1.54) is 4.88 Å². The largest absolute Gasteiger partial charge is 0.392 e. The number of carbonyl (C=O) groups is 1. The summed E-state index contributed by atoms with van der Waals surface area (Å²) in [4.78, 5) is 27.5. The van der Waals surface area contributed by atoms with Crippen molar-refractivity contribution in [1.82, 2.24) is 14.9 Å². The highest BCUT2D eigenvalue weighted by atomic mass is 32.1. The predicted octanol–water partition coefficient (Wildman–Crippen LogP) is 2.18. The summed E-state index contributed by atoms with van der Waals surface area (Å²) in [5.74, 6) is 1.12. The van der Waals surface area contributed by atoms with Crippen LogP contribution in [-0.4, -0.2) is 58.2 Å². The zero-order chi connectivity index (χ0) is 19.7. The topological polar surface area (TPSA) is 95.6 Å². The summed E-state index contributed by atoms with van der Waals surface area (Å²) in [6, 6.07) is 5.82. The van der Waals surface area contributed by atoms with E-state index in [4.69, 9.17) is 5.73 Å². The molecule has 8 heteroatoms. The van der Waals surface area contributed by atoms with E-state index in [-0.39, 0.29) is 17.3 Å². The van der Waals surface area contributed by atoms with Gasteiger partial charge in [-0.15, -0.1) is 11.3 Å². The second kappa shape index (κ2) is 7.67. The highest BCUT2D eigenvalue weighted by Crippen LogP contribution is 2.40. The zero-order valence-electron chi connectivity index (χ0n) is 16.2. The summed E-state index contributed by atoms with van der Waals surface area (Å²) in [5.41, 5.74) is 5.42. The third-order valence-electron chi connectivity index (χ3n) is 5.99. The molecule has 2 atom stereocenters. The van der Waals surface area contributed by atoms with Crippen LogP contribution in [0, 0.1) is 5.41 Å². The first-order valence-corrected chi connectivity index (χ1v) is 10.7. The number of rotatable bonds is 3. The quantitative estimate of drug-likeness (QED) is 0.818. The molecule has 2 saturated heterocycles. The van der Waals surface area contributed by atoms with Crippen LogP contribution in [0.5, 0.6) is 0 Å². The molecule has 0 saturated carbocycles. The number of hydrogen-bond donors (Lipinski definition) is 2. The van der Waals surface area contributed by atoms with Gasteiger partial charge in [0.1, 0.15) is 5.82 Å². The molecule has 0 radical (unpaired) electrons. The smallest absolute Gasteiger partial charge is 0.263 e. The number of likely N-dealkylation sites (tertiary alicyclic amines) is 1. The minimum Gasteiger partial charge on any atom is -0.392 e. The van der Waals surface area contributed by atoms with E-state index in [9.17, 15) is 9.90 Å². The number of aliphatic hydroxyl groups is 1. The fourth-order valence-corrected chi connectivity index (χ4v) is 5.37. The molecule has 1 amide bonds. The van der Waals surface area contributed by atoms with Crippen molar-refractivity contribution in [3.8, 4) is 0 Å². The van der Waals surface area contributed by atoms with E-state index >= 15 is 0 Å². The molecular formula is C20H27N5O2S. The second-order valence-corrected chi connectivity index (χ2v) is 8.98. The number of piperidine rings is 2. The summed E-state index contributed by atoms with van der Waals surface area (Å²) in [7, 11) is 0. The first kappa shape index (κ1) is 19.1. The monoisotopic (exact) mass is 401 g/mol. The van der Waals surface area contributed by atoms with E-state index in [1.807, 2.05) is 23.1 Å². The maximum atomic E-state index is 13.1. The van der Waals surface area contributed by atoms with E-state index in [2.05, 4.69) is 21.8 Å². The first-order chi connectivity index (χ1) is 13.5. The number of nitrogens with zero attached hydrogens (tertiary/aromatic N) is 4. The fourth-order valence-electron chi connectivity index (χ4n) is 4.46. The number of aromatic nitrogens is 2. The molecule has 2 fully saturated rings. The summed E-state index contributed by atoms with van der Waals surface area (Å²) in [6.45, 7) is 4.80. The second-order valence-electron chi connectivity index (χ2n) is 7.81.